The first-order valence-electron chi connectivity index (χ1n) is 11.2. The van der Waals surface area contributed by atoms with Gasteiger partial charge in [0.25, 0.3) is 0 Å². The molecule has 0 aliphatic carbocycles. The Labute approximate surface area is 208 Å². The number of sulfonamides is 1. The minimum Gasteiger partial charge on any atom is -0.352 e. The molecule has 0 spiro atoms. The van der Waals surface area contributed by atoms with E-state index in [0.717, 1.165) is 27.3 Å². The van der Waals surface area contributed by atoms with Gasteiger partial charge in [-0.25, -0.2) is 8.42 Å². The lowest BCUT2D eigenvalue weighted by Crippen LogP contribution is -2.53. The van der Waals surface area contributed by atoms with Crippen LogP contribution in [0, 0.1) is 13.8 Å². The van der Waals surface area contributed by atoms with Crippen LogP contribution in [0.2, 0.25) is 5.02 Å². The van der Waals surface area contributed by atoms with E-state index in [2.05, 4.69) is 5.32 Å². The molecule has 34 heavy (non-hydrogen) atoms. The largest absolute Gasteiger partial charge is 0.352 e. The second kappa shape index (κ2) is 11.7. The highest BCUT2D eigenvalue weighted by Crippen LogP contribution is 2.23. The number of carbonyl (C=O) groups excluding carboxylic acids is 2. The fourth-order valence-electron chi connectivity index (χ4n) is 3.58. The number of hydrogen-bond donors (Lipinski definition) is 1. The molecule has 2 aromatic rings. The molecule has 0 bridgehead atoms. The van der Waals surface area contributed by atoms with Crippen LogP contribution in [0.25, 0.3) is 0 Å². The number of hydrogen-bond acceptors (Lipinski definition) is 4. The van der Waals surface area contributed by atoms with Crippen molar-refractivity contribution in [1.29, 1.82) is 0 Å². The zero-order valence-electron chi connectivity index (χ0n) is 20.6. The fourth-order valence-corrected chi connectivity index (χ4v) is 4.55. The number of nitrogens with zero attached hydrogens (tertiary/aromatic N) is 2. The summed E-state index contributed by atoms with van der Waals surface area (Å²) in [6, 6.07) is 11.4. The molecule has 1 unspecified atom stereocenters. The van der Waals surface area contributed by atoms with E-state index in [1.54, 1.807) is 36.4 Å². The highest BCUT2D eigenvalue weighted by molar-refractivity contribution is 7.92. The molecule has 7 nitrogen and oxygen atoms in total. The second-order valence-electron chi connectivity index (χ2n) is 8.77. The molecule has 0 saturated heterocycles. The lowest BCUT2D eigenvalue weighted by Gasteiger charge is -2.33. The summed E-state index contributed by atoms with van der Waals surface area (Å²) in [4.78, 5) is 28.0. The van der Waals surface area contributed by atoms with E-state index in [1.165, 1.54) is 4.90 Å². The minimum absolute atomic E-state index is 0.0999. The summed E-state index contributed by atoms with van der Waals surface area (Å²) >= 11 is 6.00. The molecule has 2 aromatic carbocycles. The van der Waals surface area contributed by atoms with Crippen molar-refractivity contribution in [2.45, 2.75) is 59.7 Å². The molecule has 2 amide bonds. The van der Waals surface area contributed by atoms with Gasteiger partial charge in [-0.2, -0.15) is 0 Å². The van der Waals surface area contributed by atoms with Crippen LogP contribution in [-0.2, 0) is 26.2 Å². The van der Waals surface area contributed by atoms with E-state index in [0.29, 0.717) is 17.1 Å². The molecule has 2 rings (SSSR count). The van der Waals surface area contributed by atoms with E-state index in [9.17, 15) is 18.0 Å². The lowest BCUT2D eigenvalue weighted by molar-refractivity contribution is -0.140. The highest BCUT2D eigenvalue weighted by atomic mass is 35.5. The molecule has 0 aromatic heterocycles. The van der Waals surface area contributed by atoms with Crippen molar-refractivity contribution in [1.82, 2.24) is 10.2 Å². The van der Waals surface area contributed by atoms with Gasteiger partial charge in [0.05, 0.1) is 11.9 Å². The van der Waals surface area contributed by atoms with E-state index >= 15 is 0 Å². The zero-order chi connectivity index (χ0) is 25.6. The molecular formula is C25H34ClN3O4S. The molecule has 0 fully saturated rings. The topological polar surface area (TPSA) is 86.8 Å². The van der Waals surface area contributed by atoms with Gasteiger partial charge in [-0.15, -0.1) is 0 Å². The first-order valence-corrected chi connectivity index (χ1v) is 13.4. The van der Waals surface area contributed by atoms with Crippen LogP contribution >= 0.6 is 11.6 Å². The standard InChI is InChI=1S/C25H34ClN3O4S/c1-7-23(25(31)27-17(2)3)28(15-20-9-11-21(26)12-10-20)24(30)16-29(34(6,32)33)22-13-8-18(4)19(5)14-22/h8-14,17,23H,7,15-16H2,1-6H3,(H,27,31). The SMILES string of the molecule is CCC(C(=O)NC(C)C)N(Cc1ccc(Cl)cc1)C(=O)CN(c1ccc(C)c(C)c1)S(C)(=O)=O. The van der Waals surface area contributed by atoms with Gasteiger partial charge in [0.15, 0.2) is 0 Å². The molecular weight excluding hydrogens is 474 g/mol. The number of carbonyl (C=O) groups is 2. The number of benzene rings is 2. The average Bonchev–Trinajstić information content (AvgIpc) is 2.74. The van der Waals surface area contributed by atoms with Gasteiger partial charge in [0, 0.05) is 17.6 Å². The quantitative estimate of drug-likeness (QED) is 0.525. The molecule has 0 radical (unpaired) electrons. The van der Waals surface area contributed by atoms with Gasteiger partial charge in [0.2, 0.25) is 21.8 Å². The van der Waals surface area contributed by atoms with Crippen LogP contribution in [0.4, 0.5) is 5.69 Å². The Morgan fingerprint density at radius 2 is 1.65 bits per heavy atom. The predicted octanol–water partition coefficient (Wildman–Crippen LogP) is 4.05. The summed E-state index contributed by atoms with van der Waals surface area (Å²) in [5, 5.41) is 3.43. The minimum atomic E-state index is -3.76. The Morgan fingerprint density at radius 1 is 1.03 bits per heavy atom. The maximum Gasteiger partial charge on any atom is 0.244 e. The molecule has 186 valence electrons. The number of amides is 2. The van der Waals surface area contributed by atoms with Crippen molar-refractivity contribution in [3.05, 3.63) is 64.2 Å². The summed E-state index contributed by atoms with van der Waals surface area (Å²) < 4.78 is 26.4. The van der Waals surface area contributed by atoms with Crippen molar-refractivity contribution in [3.8, 4) is 0 Å². The zero-order valence-corrected chi connectivity index (χ0v) is 22.2. The average molecular weight is 508 g/mol. The van der Waals surface area contributed by atoms with E-state index in [4.69, 9.17) is 11.6 Å². The Bertz CT molecular complexity index is 1120. The highest BCUT2D eigenvalue weighted by Gasteiger charge is 2.32. The van der Waals surface area contributed by atoms with Crippen molar-refractivity contribution in [2.24, 2.45) is 0 Å². The third-order valence-corrected chi connectivity index (χ3v) is 6.93. The van der Waals surface area contributed by atoms with Crippen molar-refractivity contribution < 1.29 is 18.0 Å². The van der Waals surface area contributed by atoms with Crippen LogP contribution in [-0.4, -0.2) is 50.0 Å². The number of halogens is 1. The molecule has 1 atom stereocenters. The summed E-state index contributed by atoms with van der Waals surface area (Å²) in [7, 11) is -3.76. The predicted molar refractivity (Wildman–Crippen MR) is 137 cm³/mol. The van der Waals surface area contributed by atoms with E-state index < -0.39 is 28.5 Å². The normalized spacial score (nSPS) is 12.4. The first-order chi connectivity index (χ1) is 15.8. The van der Waals surface area contributed by atoms with Gasteiger partial charge in [-0.1, -0.05) is 36.7 Å². The van der Waals surface area contributed by atoms with Crippen LogP contribution in [0.1, 0.15) is 43.9 Å². The fraction of sp³-hybridized carbons (Fsp3) is 0.440. The Kier molecular flexibility index (Phi) is 9.53. The summed E-state index contributed by atoms with van der Waals surface area (Å²) in [5.41, 5.74) is 3.12. The first kappa shape index (κ1) is 27.7. The van der Waals surface area contributed by atoms with Gasteiger partial charge >= 0.3 is 0 Å². The van der Waals surface area contributed by atoms with E-state index in [1.807, 2.05) is 40.7 Å². The van der Waals surface area contributed by atoms with Gasteiger partial charge in [-0.05, 0) is 75.1 Å². The molecule has 0 saturated carbocycles. The van der Waals surface area contributed by atoms with Gasteiger partial charge < -0.3 is 10.2 Å². The molecule has 0 aliphatic heterocycles. The third kappa shape index (κ3) is 7.46. The maximum atomic E-state index is 13.6. The molecule has 9 heteroatoms. The van der Waals surface area contributed by atoms with Crippen LogP contribution in [0.5, 0.6) is 0 Å². The van der Waals surface area contributed by atoms with Crippen LogP contribution in [0.3, 0.4) is 0 Å². The lowest BCUT2D eigenvalue weighted by atomic mass is 10.1. The smallest absolute Gasteiger partial charge is 0.244 e. The van der Waals surface area contributed by atoms with Gasteiger partial charge in [-0.3, -0.25) is 13.9 Å². The number of aryl methyl sites for hydroxylation is 2. The number of rotatable bonds is 10. The van der Waals surface area contributed by atoms with Gasteiger partial charge in [0.1, 0.15) is 12.6 Å². The Hall–Kier alpha value is -2.58. The number of nitrogens with one attached hydrogen (secondary N) is 1. The molecule has 1 N–H and O–H groups in total. The Balaban J connectivity index is 2.45. The molecule has 0 aliphatic rings. The molecule has 0 heterocycles. The second-order valence-corrected chi connectivity index (χ2v) is 11.1. The van der Waals surface area contributed by atoms with Crippen LogP contribution in [0.15, 0.2) is 42.5 Å². The summed E-state index contributed by atoms with van der Waals surface area (Å²) in [6.45, 7) is 9.07. The van der Waals surface area contributed by atoms with Crippen molar-refractivity contribution >= 4 is 39.1 Å². The van der Waals surface area contributed by atoms with E-state index in [-0.39, 0.29) is 18.5 Å². The third-order valence-electron chi connectivity index (χ3n) is 5.54. The summed E-state index contributed by atoms with van der Waals surface area (Å²) in [6.07, 6.45) is 1.45. The van der Waals surface area contributed by atoms with Crippen LogP contribution < -0.4 is 9.62 Å². The number of anilines is 1. The van der Waals surface area contributed by atoms with Crippen molar-refractivity contribution in [3.63, 3.8) is 0 Å². The summed E-state index contributed by atoms with van der Waals surface area (Å²) in [5.74, 6) is -0.749. The monoisotopic (exact) mass is 507 g/mol. The van der Waals surface area contributed by atoms with Crippen molar-refractivity contribution in [2.75, 3.05) is 17.1 Å². The Morgan fingerprint density at radius 3 is 2.15 bits per heavy atom. The maximum absolute atomic E-state index is 13.6.